The van der Waals surface area contributed by atoms with E-state index in [4.69, 9.17) is 11.6 Å². The van der Waals surface area contributed by atoms with Crippen molar-refractivity contribution in [1.29, 1.82) is 0 Å². The number of rotatable bonds is 3. The quantitative estimate of drug-likeness (QED) is 0.822. The van der Waals surface area contributed by atoms with Crippen molar-refractivity contribution in [1.82, 2.24) is 0 Å². The fourth-order valence-electron chi connectivity index (χ4n) is 2.18. The Morgan fingerprint density at radius 3 is 2.12 bits per heavy atom. The number of amides is 1. The molecule has 0 radical (unpaired) electrons. The molecule has 0 aliphatic heterocycles. The Hall–Kier alpha value is -2.33. The van der Waals surface area contributed by atoms with Crippen LogP contribution in [0.3, 0.4) is 0 Å². The Labute approximate surface area is 146 Å². The predicted molar refractivity (Wildman–Crippen MR) is 95.9 cm³/mol. The first kappa shape index (κ1) is 18.0. The van der Waals surface area contributed by atoms with E-state index in [9.17, 15) is 9.59 Å². The van der Waals surface area contributed by atoms with Crippen molar-refractivity contribution in [3.63, 3.8) is 0 Å². The Balaban J connectivity index is 2.22. The van der Waals surface area contributed by atoms with Crippen LogP contribution in [0, 0.1) is 0 Å². The minimum absolute atomic E-state index is 0.0210. The molecule has 2 rings (SSSR count). The highest BCUT2D eigenvalue weighted by Crippen LogP contribution is 2.25. The van der Waals surface area contributed by atoms with Gasteiger partial charge >= 0.3 is 5.97 Å². The van der Waals surface area contributed by atoms with Crippen LogP contribution < -0.4 is 5.32 Å². The molecular weight excluding hydrogens is 326 g/mol. The summed E-state index contributed by atoms with van der Waals surface area (Å²) in [6.07, 6.45) is 0. The van der Waals surface area contributed by atoms with Gasteiger partial charge in [0.1, 0.15) is 0 Å². The maximum Gasteiger partial charge on any atom is 0.337 e. The highest BCUT2D eigenvalue weighted by molar-refractivity contribution is 6.34. The smallest absolute Gasteiger partial charge is 0.337 e. The summed E-state index contributed by atoms with van der Waals surface area (Å²) in [7, 11) is 1.30. The summed E-state index contributed by atoms with van der Waals surface area (Å²) in [5.41, 5.74) is 2.37. The first-order chi connectivity index (χ1) is 11.2. The molecule has 24 heavy (non-hydrogen) atoms. The molecule has 0 aliphatic carbocycles. The van der Waals surface area contributed by atoms with Crippen LogP contribution in [0.15, 0.2) is 42.5 Å². The molecule has 2 aromatic rings. The Morgan fingerprint density at radius 2 is 1.58 bits per heavy atom. The van der Waals surface area contributed by atoms with Crippen LogP contribution in [-0.4, -0.2) is 19.0 Å². The molecule has 0 aliphatic rings. The number of esters is 1. The topological polar surface area (TPSA) is 55.4 Å². The van der Waals surface area contributed by atoms with Gasteiger partial charge in [-0.05, 0) is 41.3 Å². The van der Waals surface area contributed by atoms with Crippen LogP contribution in [0.2, 0.25) is 5.02 Å². The molecular formula is C19H20ClNO3. The highest BCUT2D eigenvalue weighted by atomic mass is 35.5. The maximum atomic E-state index is 12.4. The third-order valence-corrected chi connectivity index (χ3v) is 3.98. The molecule has 0 bridgehead atoms. The molecule has 5 heteroatoms. The zero-order valence-electron chi connectivity index (χ0n) is 14.1. The third-order valence-electron chi connectivity index (χ3n) is 3.65. The van der Waals surface area contributed by atoms with Crippen molar-refractivity contribution < 1.29 is 14.3 Å². The fraction of sp³-hybridized carbons (Fsp3) is 0.263. The van der Waals surface area contributed by atoms with Crippen LogP contribution in [0.5, 0.6) is 0 Å². The lowest BCUT2D eigenvalue weighted by molar-refractivity contribution is 0.0600. The van der Waals surface area contributed by atoms with Crippen molar-refractivity contribution in [2.45, 2.75) is 26.2 Å². The molecule has 0 fully saturated rings. The summed E-state index contributed by atoms with van der Waals surface area (Å²) >= 11 is 6.09. The number of benzene rings is 2. The molecule has 126 valence electrons. The van der Waals surface area contributed by atoms with Gasteiger partial charge in [0.2, 0.25) is 0 Å². The molecule has 1 N–H and O–H groups in total. The van der Waals surface area contributed by atoms with Crippen LogP contribution in [0.1, 0.15) is 47.1 Å². The van der Waals surface area contributed by atoms with Gasteiger partial charge < -0.3 is 10.1 Å². The Morgan fingerprint density at radius 1 is 1.00 bits per heavy atom. The number of carbonyl (C=O) groups excluding carboxylic acids is 2. The molecule has 0 spiro atoms. The highest BCUT2D eigenvalue weighted by Gasteiger charge is 2.15. The summed E-state index contributed by atoms with van der Waals surface area (Å²) in [4.78, 5) is 24.0. The summed E-state index contributed by atoms with van der Waals surface area (Å²) < 4.78 is 4.67. The molecule has 0 aromatic heterocycles. The molecule has 4 nitrogen and oxygen atoms in total. The van der Waals surface area contributed by atoms with E-state index in [0.29, 0.717) is 21.8 Å². The number of methoxy groups -OCH3 is 1. The van der Waals surface area contributed by atoms with E-state index in [0.717, 1.165) is 5.56 Å². The van der Waals surface area contributed by atoms with E-state index >= 15 is 0 Å². The second-order valence-electron chi connectivity index (χ2n) is 6.47. The molecule has 0 atom stereocenters. The van der Waals surface area contributed by atoms with Crippen LogP contribution in [0.25, 0.3) is 0 Å². The number of nitrogens with one attached hydrogen (secondary N) is 1. The summed E-state index contributed by atoms with van der Waals surface area (Å²) in [5, 5.41) is 3.07. The van der Waals surface area contributed by atoms with Gasteiger partial charge in [-0.2, -0.15) is 0 Å². The van der Waals surface area contributed by atoms with Crippen molar-refractivity contribution in [2.75, 3.05) is 12.4 Å². The molecule has 1 amide bonds. The van der Waals surface area contributed by atoms with Gasteiger partial charge in [0, 0.05) is 5.56 Å². The maximum absolute atomic E-state index is 12.4. The van der Waals surface area contributed by atoms with Crippen LogP contribution >= 0.6 is 11.6 Å². The summed E-state index contributed by atoms with van der Waals surface area (Å²) in [6, 6.07) is 12.0. The van der Waals surface area contributed by atoms with Crippen molar-refractivity contribution >= 4 is 29.2 Å². The number of carbonyl (C=O) groups is 2. The molecule has 2 aromatic carbocycles. The van der Waals surface area contributed by atoms with E-state index in [1.807, 2.05) is 12.1 Å². The predicted octanol–water partition coefficient (Wildman–Crippen LogP) is 4.68. The van der Waals surface area contributed by atoms with Crippen LogP contribution in [0.4, 0.5) is 5.69 Å². The number of halogens is 1. The van der Waals surface area contributed by atoms with Crippen molar-refractivity contribution in [3.8, 4) is 0 Å². The second kappa shape index (κ2) is 7.05. The van der Waals surface area contributed by atoms with Gasteiger partial charge in [0.15, 0.2) is 0 Å². The van der Waals surface area contributed by atoms with E-state index in [1.54, 1.807) is 24.3 Å². The minimum Gasteiger partial charge on any atom is -0.465 e. The third kappa shape index (κ3) is 4.15. The van der Waals surface area contributed by atoms with E-state index < -0.39 is 5.97 Å². The lowest BCUT2D eigenvalue weighted by Gasteiger charge is -2.19. The first-order valence-corrected chi connectivity index (χ1v) is 7.90. The average Bonchev–Trinajstić information content (AvgIpc) is 2.55. The van der Waals surface area contributed by atoms with E-state index in [-0.39, 0.29) is 11.3 Å². The van der Waals surface area contributed by atoms with Gasteiger partial charge in [-0.15, -0.1) is 0 Å². The molecule has 0 saturated carbocycles. The van der Waals surface area contributed by atoms with Crippen molar-refractivity contribution in [3.05, 3.63) is 64.2 Å². The lowest BCUT2D eigenvalue weighted by atomic mass is 9.87. The fourth-order valence-corrected chi connectivity index (χ4v) is 2.35. The monoisotopic (exact) mass is 345 g/mol. The summed E-state index contributed by atoms with van der Waals surface area (Å²) in [6.45, 7) is 6.33. The molecule has 0 unspecified atom stereocenters. The van der Waals surface area contributed by atoms with Gasteiger partial charge in [-0.25, -0.2) is 4.79 Å². The Bertz CT molecular complexity index is 761. The number of hydrogen-bond donors (Lipinski definition) is 1. The molecule has 0 saturated heterocycles. The number of ether oxygens (including phenoxy) is 1. The van der Waals surface area contributed by atoms with Crippen molar-refractivity contribution in [2.24, 2.45) is 0 Å². The molecule has 0 heterocycles. The minimum atomic E-state index is -0.489. The van der Waals surface area contributed by atoms with E-state index in [2.05, 4.69) is 30.8 Å². The standard InChI is InChI=1S/C19H20ClNO3/c1-19(2,3)14-8-5-12(6-9-14)17(22)21-16-11-13(18(23)24-4)7-10-15(16)20/h5-11H,1-4H3,(H,21,22). The van der Waals surface area contributed by atoms with Gasteiger partial charge in [0.25, 0.3) is 5.91 Å². The van der Waals surface area contributed by atoms with Gasteiger partial charge in [-0.3, -0.25) is 4.79 Å². The number of anilines is 1. The average molecular weight is 346 g/mol. The summed E-state index contributed by atoms with van der Waals surface area (Å²) in [5.74, 6) is -0.781. The normalized spacial score (nSPS) is 11.0. The largest absolute Gasteiger partial charge is 0.465 e. The SMILES string of the molecule is COC(=O)c1ccc(Cl)c(NC(=O)c2ccc(C(C)(C)C)cc2)c1. The lowest BCUT2D eigenvalue weighted by Crippen LogP contribution is -2.15. The van der Waals surface area contributed by atoms with E-state index in [1.165, 1.54) is 13.2 Å². The Kier molecular flexibility index (Phi) is 5.30. The van der Waals surface area contributed by atoms with Crippen LogP contribution in [-0.2, 0) is 10.2 Å². The zero-order valence-corrected chi connectivity index (χ0v) is 14.9. The van der Waals surface area contributed by atoms with Gasteiger partial charge in [0.05, 0.1) is 23.4 Å². The second-order valence-corrected chi connectivity index (χ2v) is 6.87. The van der Waals surface area contributed by atoms with Gasteiger partial charge in [-0.1, -0.05) is 44.5 Å². The first-order valence-electron chi connectivity index (χ1n) is 7.52. The zero-order chi connectivity index (χ0) is 17.9. The number of hydrogen-bond acceptors (Lipinski definition) is 3.